The highest BCUT2D eigenvalue weighted by Gasteiger charge is 2.44. The average molecular weight is 326 g/mol. The van der Waals surface area contributed by atoms with Gasteiger partial charge in [0, 0.05) is 32.7 Å². The summed E-state index contributed by atoms with van der Waals surface area (Å²) in [6, 6.07) is 0. The summed E-state index contributed by atoms with van der Waals surface area (Å²) in [5.41, 5.74) is -1.39. The molecule has 3 aliphatic rings. The average Bonchev–Trinajstić information content (AvgIpc) is 2.55. The zero-order valence-electron chi connectivity index (χ0n) is 14.3. The Labute approximate surface area is 138 Å². The first kappa shape index (κ1) is 17.1. The number of morpholine rings is 2. The van der Waals surface area contributed by atoms with E-state index in [1.165, 1.54) is 6.42 Å². The highest BCUT2D eigenvalue weighted by molar-refractivity contribution is 5.85. The van der Waals surface area contributed by atoms with Crippen molar-refractivity contribution in [3.05, 3.63) is 0 Å². The standard InChI is InChI=1S/C17H30N2O4/c1-16(15(20)19-8-10-22-11-9-19)13-18(7-12-23-16)14-17(21)5-3-2-4-6-17/h21H,2-14H2,1H3/t16-/m1/s1. The fourth-order valence-corrected chi connectivity index (χ4v) is 4.10. The Kier molecular flexibility index (Phi) is 5.26. The number of β-amino-alcohol motifs (C(OH)–C–C–N with tert-alkyl or cyclic N) is 1. The van der Waals surface area contributed by atoms with E-state index in [1.54, 1.807) is 0 Å². The third kappa shape index (κ3) is 4.05. The molecule has 1 N–H and O–H groups in total. The van der Waals surface area contributed by atoms with Gasteiger partial charge in [-0.3, -0.25) is 9.69 Å². The van der Waals surface area contributed by atoms with Crippen LogP contribution in [0.3, 0.4) is 0 Å². The number of rotatable bonds is 3. The fourth-order valence-electron chi connectivity index (χ4n) is 4.10. The van der Waals surface area contributed by atoms with Crippen molar-refractivity contribution in [3.63, 3.8) is 0 Å². The first-order chi connectivity index (χ1) is 11.0. The number of carbonyl (C=O) groups is 1. The van der Waals surface area contributed by atoms with Crippen LogP contribution in [0.15, 0.2) is 0 Å². The Morgan fingerprint density at radius 3 is 2.48 bits per heavy atom. The molecule has 1 amide bonds. The molecule has 6 nitrogen and oxygen atoms in total. The van der Waals surface area contributed by atoms with Gasteiger partial charge in [0.25, 0.3) is 5.91 Å². The Morgan fingerprint density at radius 2 is 1.78 bits per heavy atom. The second-order valence-electron chi connectivity index (χ2n) is 7.48. The SMILES string of the molecule is C[C@]1(C(=O)N2CCOCC2)CN(CC2(O)CCCCC2)CCO1. The topological polar surface area (TPSA) is 62.2 Å². The minimum absolute atomic E-state index is 0.0566. The summed E-state index contributed by atoms with van der Waals surface area (Å²) >= 11 is 0. The van der Waals surface area contributed by atoms with Crippen molar-refractivity contribution in [2.45, 2.75) is 50.2 Å². The molecule has 2 aliphatic heterocycles. The molecule has 0 aromatic heterocycles. The van der Waals surface area contributed by atoms with Crippen LogP contribution in [0.4, 0.5) is 0 Å². The molecular formula is C17H30N2O4. The number of aliphatic hydroxyl groups is 1. The predicted octanol–water partition coefficient (Wildman–Crippen LogP) is 0.631. The summed E-state index contributed by atoms with van der Waals surface area (Å²) in [5, 5.41) is 10.8. The molecule has 1 saturated carbocycles. The van der Waals surface area contributed by atoms with Crippen LogP contribution >= 0.6 is 0 Å². The minimum Gasteiger partial charge on any atom is -0.389 e. The molecule has 0 bridgehead atoms. The molecule has 2 saturated heterocycles. The largest absolute Gasteiger partial charge is 0.389 e. The Bertz CT molecular complexity index is 419. The Hall–Kier alpha value is -0.690. The lowest BCUT2D eigenvalue weighted by Gasteiger charge is -2.45. The van der Waals surface area contributed by atoms with E-state index >= 15 is 0 Å². The van der Waals surface area contributed by atoms with E-state index in [0.29, 0.717) is 46.0 Å². The molecule has 3 fully saturated rings. The fraction of sp³-hybridized carbons (Fsp3) is 0.941. The van der Waals surface area contributed by atoms with E-state index in [9.17, 15) is 9.90 Å². The van der Waals surface area contributed by atoms with Gasteiger partial charge in [-0.1, -0.05) is 19.3 Å². The molecule has 0 aromatic rings. The van der Waals surface area contributed by atoms with Crippen molar-refractivity contribution < 1.29 is 19.4 Å². The van der Waals surface area contributed by atoms with Gasteiger partial charge >= 0.3 is 0 Å². The lowest BCUT2D eigenvalue weighted by atomic mass is 9.84. The van der Waals surface area contributed by atoms with E-state index in [4.69, 9.17) is 9.47 Å². The molecule has 1 aliphatic carbocycles. The minimum atomic E-state index is -0.805. The van der Waals surface area contributed by atoms with Crippen LogP contribution in [0.5, 0.6) is 0 Å². The molecule has 3 rings (SSSR count). The lowest BCUT2D eigenvalue weighted by Crippen LogP contribution is -2.62. The first-order valence-corrected chi connectivity index (χ1v) is 8.97. The normalized spacial score (nSPS) is 32.7. The van der Waals surface area contributed by atoms with Gasteiger partial charge in [0.15, 0.2) is 5.60 Å². The van der Waals surface area contributed by atoms with E-state index < -0.39 is 11.2 Å². The Morgan fingerprint density at radius 1 is 1.09 bits per heavy atom. The first-order valence-electron chi connectivity index (χ1n) is 8.97. The smallest absolute Gasteiger partial charge is 0.256 e. The van der Waals surface area contributed by atoms with E-state index in [0.717, 1.165) is 32.2 Å². The molecule has 0 spiro atoms. The molecule has 0 unspecified atom stereocenters. The van der Waals surface area contributed by atoms with Crippen LogP contribution in [-0.4, -0.2) is 84.6 Å². The predicted molar refractivity (Wildman–Crippen MR) is 86.2 cm³/mol. The zero-order valence-corrected chi connectivity index (χ0v) is 14.3. The summed E-state index contributed by atoms with van der Waals surface area (Å²) < 4.78 is 11.2. The second kappa shape index (κ2) is 7.05. The van der Waals surface area contributed by atoms with Crippen molar-refractivity contribution in [1.29, 1.82) is 0 Å². The number of hydrogen-bond donors (Lipinski definition) is 1. The van der Waals surface area contributed by atoms with Gasteiger partial charge in [-0.2, -0.15) is 0 Å². The van der Waals surface area contributed by atoms with Crippen LogP contribution in [0, 0.1) is 0 Å². The number of amides is 1. The van der Waals surface area contributed by atoms with Crippen LogP contribution < -0.4 is 0 Å². The van der Waals surface area contributed by atoms with Crippen LogP contribution in [-0.2, 0) is 14.3 Å². The summed E-state index contributed by atoms with van der Waals surface area (Å²) in [7, 11) is 0. The molecule has 23 heavy (non-hydrogen) atoms. The molecule has 0 radical (unpaired) electrons. The van der Waals surface area contributed by atoms with Gasteiger partial charge in [0.1, 0.15) is 0 Å². The van der Waals surface area contributed by atoms with Crippen LogP contribution in [0.2, 0.25) is 0 Å². The highest BCUT2D eigenvalue weighted by Crippen LogP contribution is 2.30. The molecule has 0 aromatic carbocycles. The third-order valence-electron chi connectivity index (χ3n) is 5.41. The van der Waals surface area contributed by atoms with Crippen molar-refractivity contribution in [2.75, 3.05) is 52.5 Å². The van der Waals surface area contributed by atoms with Gasteiger partial charge in [-0.25, -0.2) is 0 Å². The van der Waals surface area contributed by atoms with E-state index in [2.05, 4.69) is 4.90 Å². The van der Waals surface area contributed by atoms with Crippen LogP contribution in [0.25, 0.3) is 0 Å². The maximum Gasteiger partial charge on any atom is 0.256 e. The van der Waals surface area contributed by atoms with Gasteiger partial charge in [-0.15, -0.1) is 0 Å². The molecule has 1 atom stereocenters. The van der Waals surface area contributed by atoms with Crippen LogP contribution in [0.1, 0.15) is 39.0 Å². The molecule has 132 valence electrons. The van der Waals surface area contributed by atoms with Crippen molar-refractivity contribution in [2.24, 2.45) is 0 Å². The quantitative estimate of drug-likeness (QED) is 0.824. The zero-order chi connectivity index (χ0) is 16.3. The molecule has 6 heteroatoms. The van der Waals surface area contributed by atoms with E-state index in [1.807, 2.05) is 11.8 Å². The van der Waals surface area contributed by atoms with Gasteiger partial charge in [-0.05, 0) is 19.8 Å². The van der Waals surface area contributed by atoms with E-state index in [-0.39, 0.29) is 5.91 Å². The summed E-state index contributed by atoms with van der Waals surface area (Å²) in [6.45, 7) is 6.92. The highest BCUT2D eigenvalue weighted by atomic mass is 16.5. The lowest BCUT2D eigenvalue weighted by molar-refractivity contribution is -0.174. The number of ether oxygens (including phenoxy) is 2. The monoisotopic (exact) mass is 326 g/mol. The third-order valence-corrected chi connectivity index (χ3v) is 5.41. The summed E-state index contributed by atoms with van der Waals surface area (Å²) in [6.07, 6.45) is 5.17. The second-order valence-corrected chi connectivity index (χ2v) is 7.48. The summed E-state index contributed by atoms with van der Waals surface area (Å²) in [5.74, 6) is 0.0566. The number of carbonyl (C=O) groups excluding carboxylic acids is 1. The van der Waals surface area contributed by atoms with Crippen molar-refractivity contribution in [1.82, 2.24) is 9.80 Å². The van der Waals surface area contributed by atoms with Gasteiger partial charge in [0.05, 0.1) is 25.4 Å². The molecular weight excluding hydrogens is 296 g/mol. The van der Waals surface area contributed by atoms with Gasteiger partial charge in [0.2, 0.25) is 0 Å². The Balaban J connectivity index is 1.61. The summed E-state index contributed by atoms with van der Waals surface area (Å²) in [4.78, 5) is 16.9. The van der Waals surface area contributed by atoms with Crippen molar-refractivity contribution >= 4 is 5.91 Å². The van der Waals surface area contributed by atoms with Crippen molar-refractivity contribution in [3.8, 4) is 0 Å². The number of nitrogens with zero attached hydrogens (tertiary/aromatic N) is 2. The maximum absolute atomic E-state index is 12.8. The van der Waals surface area contributed by atoms with Gasteiger partial charge < -0.3 is 19.5 Å². The number of hydrogen-bond acceptors (Lipinski definition) is 5. The molecule has 2 heterocycles. The maximum atomic E-state index is 12.8.